The van der Waals surface area contributed by atoms with E-state index in [-0.39, 0.29) is 5.91 Å². The zero-order valence-corrected chi connectivity index (χ0v) is 14.3. The van der Waals surface area contributed by atoms with Gasteiger partial charge in [-0.05, 0) is 48.8 Å². The van der Waals surface area contributed by atoms with Crippen LogP contribution in [0.25, 0.3) is 0 Å². The number of aromatic nitrogens is 1. The third-order valence-electron chi connectivity index (χ3n) is 4.65. The molecule has 1 heterocycles. The van der Waals surface area contributed by atoms with Gasteiger partial charge < -0.3 is 10.6 Å². The van der Waals surface area contributed by atoms with Crippen molar-refractivity contribution in [2.75, 3.05) is 10.6 Å². The lowest BCUT2D eigenvalue weighted by atomic mass is 9.76. The van der Waals surface area contributed by atoms with Crippen LogP contribution >= 0.6 is 0 Å². The second kappa shape index (κ2) is 7.47. The van der Waals surface area contributed by atoms with Gasteiger partial charge in [-0.2, -0.15) is 0 Å². The number of hydrogen-bond donors (Lipinski definition) is 2. The van der Waals surface area contributed by atoms with Crippen molar-refractivity contribution in [2.45, 2.75) is 45.1 Å². The number of rotatable bonds is 4. The van der Waals surface area contributed by atoms with Gasteiger partial charge in [-0.3, -0.25) is 4.79 Å². The molecule has 3 unspecified atom stereocenters. The number of nitrogens with zero attached hydrogens (tertiary/aromatic N) is 1. The first kappa shape index (κ1) is 16.5. The molecule has 4 heteroatoms. The largest absolute Gasteiger partial charge is 0.367 e. The van der Waals surface area contributed by atoms with E-state index < -0.39 is 0 Å². The molecule has 0 radical (unpaired) electrons. The van der Waals surface area contributed by atoms with Crippen LogP contribution in [0.1, 0.15) is 44.6 Å². The zero-order valence-electron chi connectivity index (χ0n) is 14.3. The average molecular weight is 323 g/mol. The Morgan fingerprint density at radius 2 is 1.88 bits per heavy atom. The van der Waals surface area contributed by atoms with Crippen LogP contribution in [0.5, 0.6) is 0 Å². The summed E-state index contributed by atoms with van der Waals surface area (Å²) < 4.78 is 0. The molecule has 2 N–H and O–H groups in total. The highest BCUT2D eigenvalue weighted by atomic mass is 16.1. The summed E-state index contributed by atoms with van der Waals surface area (Å²) in [5, 5.41) is 6.31. The molecule has 0 bridgehead atoms. The van der Waals surface area contributed by atoms with Crippen LogP contribution in [0.4, 0.5) is 11.5 Å². The molecular formula is C20H25N3O. The average Bonchev–Trinajstić information content (AvgIpc) is 2.56. The van der Waals surface area contributed by atoms with Crippen molar-refractivity contribution in [3.8, 4) is 0 Å². The Bertz CT molecular complexity index is 669. The topological polar surface area (TPSA) is 54.0 Å². The summed E-state index contributed by atoms with van der Waals surface area (Å²) in [5.74, 6) is 2.09. The van der Waals surface area contributed by atoms with Crippen LogP contribution < -0.4 is 10.6 Å². The maximum absolute atomic E-state index is 11.1. The minimum Gasteiger partial charge on any atom is -0.367 e. The van der Waals surface area contributed by atoms with Crippen molar-refractivity contribution in [3.63, 3.8) is 0 Å². The number of benzene rings is 1. The Labute approximate surface area is 143 Å². The Morgan fingerprint density at radius 3 is 2.54 bits per heavy atom. The van der Waals surface area contributed by atoms with Gasteiger partial charge in [-0.1, -0.05) is 37.3 Å². The number of hydrogen-bond acceptors (Lipinski definition) is 3. The third kappa shape index (κ3) is 4.34. The molecule has 2 aromatic rings. The molecule has 0 saturated heterocycles. The molecule has 3 atom stereocenters. The lowest BCUT2D eigenvalue weighted by molar-refractivity contribution is -0.114. The monoisotopic (exact) mass is 323 g/mol. The third-order valence-corrected chi connectivity index (χ3v) is 4.65. The molecule has 4 nitrogen and oxygen atoms in total. The number of carbonyl (C=O) groups excluding carboxylic acids is 1. The number of pyridine rings is 1. The van der Waals surface area contributed by atoms with E-state index in [9.17, 15) is 4.79 Å². The van der Waals surface area contributed by atoms with Crippen LogP contribution in [0.3, 0.4) is 0 Å². The van der Waals surface area contributed by atoms with Crippen LogP contribution in [-0.2, 0) is 4.79 Å². The smallest absolute Gasteiger partial charge is 0.221 e. The molecule has 1 fully saturated rings. The Morgan fingerprint density at radius 1 is 1.08 bits per heavy atom. The van der Waals surface area contributed by atoms with Crippen LogP contribution in [0.2, 0.25) is 0 Å². The quantitative estimate of drug-likeness (QED) is 0.875. The summed E-state index contributed by atoms with van der Waals surface area (Å²) >= 11 is 0. The molecule has 3 rings (SSSR count). The van der Waals surface area contributed by atoms with Gasteiger partial charge in [-0.15, -0.1) is 0 Å². The van der Waals surface area contributed by atoms with Gasteiger partial charge >= 0.3 is 0 Å². The van der Waals surface area contributed by atoms with Crippen molar-refractivity contribution in [1.29, 1.82) is 0 Å². The highest BCUT2D eigenvalue weighted by Gasteiger charge is 2.27. The molecule has 1 aromatic heterocycles. The van der Waals surface area contributed by atoms with Crippen molar-refractivity contribution in [2.24, 2.45) is 5.92 Å². The summed E-state index contributed by atoms with van der Waals surface area (Å²) in [6.45, 7) is 3.83. The summed E-state index contributed by atoms with van der Waals surface area (Å²) in [6, 6.07) is 15.0. The highest BCUT2D eigenvalue weighted by molar-refractivity contribution is 5.88. The molecule has 0 aliphatic heterocycles. The van der Waals surface area contributed by atoms with Gasteiger partial charge in [0.25, 0.3) is 0 Å². The van der Waals surface area contributed by atoms with Gasteiger partial charge in [-0.25, -0.2) is 4.98 Å². The predicted molar refractivity (Wildman–Crippen MR) is 98.1 cm³/mol. The molecule has 0 spiro atoms. The number of amides is 1. The Balaban J connectivity index is 1.65. The van der Waals surface area contributed by atoms with Crippen molar-refractivity contribution >= 4 is 17.4 Å². The molecule has 1 aliphatic carbocycles. The van der Waals surface area contributed by atoms with Gasteiger partial charge in [0.2, 0.25) is 5.91 Å². The molecular weight excluding hydrogens is 298 g/mol. The molecule has 1 aliphatic rings. The summed E-state index contributed by atoms with van der Waals surface area (Å²) in [4.78, 5) is 15.5. The summed E-state index contributed by atoms with van der Waals surface area (Å²) in [7, 11) is 0. The minimum atomic E-state index is -0.0793. The lowest BCUT2D eigenvalue weighted by Gasteiger charge is -2.34. The van der Waals surface area contributed by atoms with Crippen molar-refractivity contribution in [3.05, 3.63) is 54.2 Å². The second-order valence-corrected chi connectivity index (χ2v) is 6.87. The fourth-order valence-corrected chi connectivity index (χ4v) is 3.68. The highest BCUT2D eigenvalue weighted by Crippen LogP contribution is 2.37. The Kier molecular flexibility index (Phi) is 5.14. The molecule has 24 heavy (non-hydrogen) atoms. The number of anilines is 2. The molecule has 1 saturated carbocycles. The summed E-state index contributed by atoms with van der Waals surface area (Å²) in [5.41, 5.74) is 2.16. The van der Waals surface area contributed by atoms with Crippen LogP contribution in [0, 0.1) is 5.92 Å². The van der Waals surface area contributed by atoms with E-state index in [1.165, 1.54) is 25.3 Å². The number of carbonyl (C=O) groups is 1. The van der Waals surface area contributed by atoms with E-state index in [1.54, 1.807) is 6.20 Å². The lowest BCUT2D eigenvalue weighted by Crippen LogP contribution is -2.30. The standard InChI is InChI=1S/C20H25N3O/c1-14-10-17(16-6-4-3-5-7-16)12-19(11-14)23-20-9-8-18(13-21-20)22-15(2)24/h3-9,13-14,17,19H,10-12H2,1-2H3,(H,21,23)(H,22,24). The van der Waals surface area contributed by atoms with Crippen LogP contribution in [-0.4, -0.2) is 16.9 Å². The van der Waals surface area contributed by atoms with Gasteiger partial charge in [0.15, 0.2) is 0 Å². The van der Waals surface area contributed by atoms with Gasteiger partial charge in [0.1, 0.15) is 5.82 Å². The SMILES string of the molecule is CC(=O)Nc1ccc(NC2CC(C)CC(c3ccccc3)C2)nc1. The van der Waals surface area contributed by atoms with Gasteiger partial charge in [0.05, 0.1) is 11.9 Å². The number of nitrogens with one attached hydrogen (secondary N) is 2. The first-order valence-electron chi connectivity index (χ1n) is 8.65. The molecule has 1 amide bonds. The van der Waals surface area contributed by atoms with E-state index >= 15 is 0 Å². The maximum Gasteiger partial charge on any atom is 0.221 e. The van der Waals surface area contributed by atoms with Crippen molar-refractivity contribution < 1.29 is 4.79 Å². The van der Waals surface area contributed by atoms with E-state index in [2.05, 4.69) is 52.9 Å². The zero-order chi connectivity index (χ0) is 16.9. The fraction of sp³-hybridized carbons (Fsp3) is 0.400. The normalized spacial score (nSPS) is 23.5. The molecule has 126 valence electrons. The first-order chi connectivity index (χ1) is 11.6. The predicted octanol–water partition coefficient (Wildman–Crippen LogP) is 4.42. The van der Waals surface area contributed by atoms with E-state index in [0.717, 1.165) is 17.9 Å². The van der Waals surface area contributed by atoms with Crippen LogP contribution in [0.15, 0.2) is 48.7 Å². The first-order valence-corrected chi connectivity index (χ1v) is 8.65. The minimum absolute atomic E-state index is 0.0793. The van der Waals surface area contributed by atoms with E-state index in [1.807, 2.05) is 12.1 Å². The molecule has 1 aromatic carbocycles. The van der Waals surface area contributed by atoms with E-state index in [0.29, 0.717) is 17.9 Å². The maximum atomic E-state index is 11.1. The van der Waals surface area contributed by atoms with E-state index in [4.69, 9.17) is 0 Å². The second-order valence-electron chi connectivity index (χ2n) is 6.87. The van der Waals surface area contributed by atoms with Crippen molar-refractivity contribution in [1.82, 2.24) is 4.98 Å². The van der Waals surface area contributed by atoms with Gasteiger partial charge in [0, 0.05) is 13.0 Å². The fourth-order valence-electron chi connectivity index (χ4n) is 3.68. The summed E-state index contributed by atoms with van der Waals surface area (Å²) in [6.07, 6.45) is 5.24. The Hall–Kier alpha value is -2.36.